The van der Waals surface area contributed by atoms with Gasteiger partial charge in [-0.15, -0.1) is 10.2 Å². The zero-order valence-corrected chi connectivity index (χ0v) is 9.97. The van der Waals surface area contributed by atoms with Gasteiger partial charge in [-0.3, -0.25) is 0 Å². The van der Waals surface area contributed by atoms with Gasteiger partial charge < -0.3 is 9.67 Å². The average molecular weight is 251 g/mol. The van der Waals surface area contributed by atoms with Gasteiger partial charge in [0.1, 0.15) is 6.33 Å². The van der Waals surface area contributed by atoms with Crippen molar-refractivity contribution in [2.24, 2.45) is 7.05 Å². The monoisotopic (exact) mass is 251 g/mol. The van der Waals surface area contributed by atoms with Crippen LogP contribution in [0.3, 0.4) is 0 Å². The van der Waals surface area contributed by atoms with Crippen LogP contribution >= 0.6 is 11.8 Å². The highest BCUT2D eigenvalue weighted by Crippen LogP contribution is 2.21. The van der Waals surface area contributed by atoms with Crippen molar-refractivity contribution in [2.45, 2.75) is 17.2 Å². The lowest BCUT2D eigenvalue weighted by molar-refractivity contribution is 0.0689. The largest absolute Gasteiger partial charge is 0.477 e. The molecule has 0 aliphatic carbocycles. The fourth-order valence-corrected chi connectivity index (χ4v) is 1.92. The number of carbonyl (C=O) groups is 1. The van der Waals surface area contributed by atoms with E-state index in [1.807, 2.05) is 0 Å². The molecule has 8 heteroatoms. The summed E-state index contributed by atoms with van der Waals surface area (Å²) in [5, 5.41) is 17.4. The van der Waals surface area contributed by atoms with Crippen molar-refractivity contribution in [3.8, 4) is 0 Å². The third-order valence-electron chi connectivity index (χ3n) is 1.91. The van der Waals surface area contributed by atoms with Crippen LogP contribution in [0.25, 0.3) is 0 Å². The molecule has 2 aromatic rings. The van der Waals surface area contributed by atoms with E-state index in [0.717, 1.165) is 0 Å². The topological polar surface area (TPSA) is 93.8 Å². The highest BCUT2D eigenvalue weighted by molar-refractivity contribution is 7.99. The molecule has 0 saturated heterocycles. The summed E-state index contributed by atoms with van der Waals surface area (Å²) in [6, 6.07) is 1.42. The van der Waals surface area contributed by atoms with Crippen molar-refractivity contribution in [2.75, 3.05) is 0 Å². The van der Waals surface area contributed by atoms with Crippen LogP contribution in [0.15, 0.2) is 22.7 Å². The minimum Gasteiger partial charge on any atom is -0.477 e. The lowest BCUT2D eigenvalue weighted by Gasteiger charge is -2.02. The molecule has 17 heavy (non-hydrogen) atoms. The Morgan fingerprint density at radius 3 is 2.82 bits per heavy atom. The fraction of sp³-hybridized carbons (Fsp3) is 0.222. The van der Waals surface area contributed by atoms with Gasteiger partial charge in [0.25, 0.3) is 0 Å². The van der Waals surface area contributed by atoms with Crippen LogP contribution in [0, 0.1) is 6.92 Å². The van der Waals surface area contributed by atoms with Gasteiger partial charge in [0.15, 0.2) is 16.0 Å². The molecule has 0 spiro atoms. The molecule has 0 unspecified atom stereocenters. The molecule has 0 radical (unpaired) electrons. The Labute approximate surface area is 101 Å². The number of aromatic nitrogens is 5. The van der Waals surface area contributed by atoms with E-state index in [9.17, 15) is 4.79 Å². The minimum absolute atomic E-state index is 0.0258. The minimum atomic E-state index is -1.07. The van der Waals surface area contributed by atoms with Gasteiger partial charge in [-0.2, -0.15) is 0 Å². The van der Waals surface area contributed by atoms with Gasteiger partial charge in [-0.05, 0) is 24.8 Å². The Morgan fingerprint density at radius 2 is 2.24 bits per heavy atom. The van der Waals surface area contributed by atoms with E-state index < -0.39 is 5.97 Å². The molecule has 0 aliphatic heterocycles. The van der Waals surface area contributed by atoms with Gasteiger partial charge in [0.05, 0.1) is 0 Å². The number of nitrogens with zero attached hydrogens (tertiary/aromatic N) is 5. The first-order chi connectivity index (χ1) is 8.06. The number of aromatic carboxylic acids is 1. The SMILES string of the molecule is Cc1cc(C(=O)O)nc(Sc2nncn2C)n1. The van der Waals surface area contributed by atoms with Crippen molar-refractivity contribution in [1.29, 1.82) is 0 Å². The molecule has 0 aromatic carbocycles. The van der Waals surface area contributed by atoms with Crippen LogP contribution in [-0.2, 0) is 7.05 Å². The van der Waals surface area contributed by atoms with Crippen molar-refractivity contribution in [1.82, 2.24) is 24.7 Å². The Morgan fingerprint density at radius 1 is 1.47 bits per heavy atom. The number of rotatable bonds is 3. The summed E-state index contributed by atoms with van der Waals surface area (Å²) in [4.78, 5) is 18.9. The number of carboxylic acid groups (broad SMARTS) is 1. The quantitative estimate of drug-likeness (QED) is 0.805. The first kappa shape index (κ1) is 11.5. The van der Waals surface area contributed by atoms with Crippen LogP contribution in [-0.4, -0.2) is 35.8 Å². The molecule has 0 aliphatic rings. The predicted octanol–water partition coefficient (Wildman–Crippen LogP) is 0.763. The molecule has 0 fully saturated rings. The van der Waals surface area contributed by atoms with Gasteiger partial charge in [-0.25, -0.2) is 14.8 Å². The van der Waals surface area contributed by atoms with E-state index in [0.29, 0.717) is 16.0 Å². The van der Waals surface area contributed by atoms with E-state index in [4.69, 9.17) is 5.11 Å². The Hall–Kier alpha value is -1.96. The highest BCUT2D eigenvalue weighted by Gasteiger charge is 2.11. The van der Waals surface area contributed by atoms with Crippen LogP contribution in [0.1, 0.15) is 16.2 Å². The second kappa shape index (κ2) is 4.50. The number of hydrogen-bond donors (Lipinski definition) is 1. The summed E-state index contributed by atoms with van der Waals surface area (Å²) >= 11 is 1.17. The lowest BCUT2D eigenvalue weighted by atomic mass is 10.3. The zero-order valence-electron chi connectivity index (χ0n) is 9.15. The highest BCUT2D eigenvalue weighted by atomic mass is 32.2. The average Bonchev–Trinajstić information content (AvgIpc) is 2.63. The molecule has 1 N–H and O–H groups in total. The third kappa shape index (κ3) is 2.59. The first-order valence-electron chi connectivity index (χ1n) is 4.67. The summed E-state index contributed by atoms with van der Waals surface area (Å²) in [6.07, 6.45) is 1.55. The molecule has 0 atom stereocenters. The normalized spacial score (nSPS) is 10.5. The van der Waals surface area contributed by atoms with Crippen molar-refractivity contribution in [3.63, 3.8) is 0 Å². The van der Waals surface area contributed by atoms with Crippen LogP contribution in [0.5, 0.6) is 0 Å². The fourth-order valence-electron chi connectivity index (χ4n) is 1.14. The Bertz CT molecular complexity index is 568. The summed E-state index contributed by atoms with van der Waals surface area (Å²) in [6.45, 7) is 1.72. The summed E-state index contributed by atoms with van der Waals surface area (Å²) in [5.74, 6) is -1.07. The first-order valence-corrected chi connectivity index (χ1v) is 5.49. The van der Waals surface area contributed by atoms with E-state index in [-0.39, 0.29) is 5.69 Å². The molecular weight excluding hydrogens is 242 g/mol. The molecule has 88 valence electrons. The maximum absolute atomic E-state index is 10.8. The number of aryl methyl sites for hydroxylation is 2. The maximum atomic E-state index is 10.8. The van der Waals surface area contributed by atoms with E-state index in [1.165, 1.54) is 17.8 Å². The molecule has 7 nitrogen and oxygen atoms in total. The molecule has 2 aromatic heterocycles. The summed E-state index contributed by atoms with van der Waals surface area (Å²) < 4.78 is 1.71. The van der Waals surface area contributed by atoms with Gasteiger partial charge in [-0.1, -0.05) is 0 Å². The predicted molar refractivity (Wildman–Crippen MR) is 58.9 cm³/mol. The van der Waals surface area contributed by atoms with Crippen LogP contribution < -0.4 is 0 Å². The van der Waals surface area contributed by atoms with Crippen molar-refractivity contribution < 1.29 is 9.90 Å². The van der Waals surface area contributed by atoms with E-state index in [1.54, 1.807) is 24.9 Å². The second-order valence-corrected chi connectivity index (χ2v) is 4.24. The molecule has 2 rings (SSSR count). The van der Waals surface area contributed by atoms with Crippen LogP contribution in [0.2, 0.25) is 0 Å². The molecule has 0 amide bonds. The molecule has 0 bridgehead atoms. The zero-order chi connectivity index (χ0) is 12.4. The summed E-state index contributed by atoms with van der Waals surface area (Å²) in [5.41, 5.74) is 0.573. The van der Waals surface area contributed by atoms with Crippen molar-refractivity contribution >= 4 is 17.7 Å². The number of hydrogen-bond acceptors (Lipinski definition) is 6. The Balaban J connectivity index is 2.33. The van der Waals surface area contributed by atoms with Crippen LogP contribution in [0.4, 0.5) is 0 Å². The maximum Gasteiger partial charge on any atom is 0.354 e. The summed E-state index contributed by atoms with van der Waals surface area (Å²) in [7, 11) is 1.79. The van der Waals surface area contributed by atoms with Gasteiger partial charge >= 0.3 is 5.97 Å². The van der Waals surface area contributed by atoms with E-state index in [2.05, 4.69) is 20.2 Å². The molecular formula is C9H9N5O2S. The lowest BCUT2D eigenvalue weighted by Crippen LogP contribution is -2.04. The standard InChI is InChI=1S/C9H9N5O2S/c1-5-3-6(7(15)16)12-8(11-5)17-9-13-10-4-14(9)2/h3-4H,1-2H3,(H,15,16). The molecule has 0 saturated carbocycles. The Kier molecular flexibility index (Phi) is 3.05. The third-order valence-corrected chi connectivity index (χ3v) is 2.82. The van der Waals surface area contributed by atoms with E-state index >= 15 is 0 Å². The van der Waals surface area contributed by atoms with Gasteiger partial charge in [0, 0.05) is 12.7 Å². The second-order valence-electron chi connectivity index (χ2n) is 3.31. The smallest absolute Gasteiger partial charge is 0.354 e. The van der Waals surface area contributed by atoms with Crippen molar-refractivity contribution in [3.05, 3.63) is 23.8 Å². The molecule has 2 heterocycles. The number of carboxylic acids is 1. The van der Waals surface area contributed by atoms with Gasteiger partial charge in [0.2, 0.25) is 0 Å².